The molecule has 0 radical (unpaired) electrons. The summed E-state index contributed by atoms with van der Waals surface area (Å²) >= 11 is 0. The number of phenolic OH excluding ortho intramolecular Hbond substituents is 1. The molecule has 0 aromatic heterocycles. The second kappa shape index (κ2) is 5.91. The Balaban J connectivity index is 1.88. The Bertz CT molecular complexity index is 662. The lowest BCUT2D eigenvalue weighted by atomic mass is 9.70. The molecule has 2 aliphatic carbocycles. The topological polar surface area (TPSA) is 58.9 Å². The van der Waals surface area contributed by atoms with Crippen molar-refractivity contribution < 1.29 is 14.6 Å². The molecule has 0 spiro atoms. The lowest BCUT2D eigenvalue weighted by Crippen LogP contribution is -2.34. The Morgan fingerprint density at radius 2 is 2.00 bits per heavy atom. The molecule has 0 amide bonds. The number of fused-ring (bicyclic) bond motifs is 2. The Hall–Kier alpha value is -1.84. The maximum atomic E-state index is 12.3. The van der Waals surface area contributed by atoms with Gasteiger partial charge in [-0.15, -0.1) is 0 Å². The second-order valence-corrected chi connectivity index (χ2v) is 7.98. The van der Waals surface area contributed by atoms with E-state index in [-0.39, 0.29) is 22.5 Å². The monoisotopic (exact) mass is 329 g/mol. The van der Waals surface area contributed by atoms with Crippen LogP contribution in [0.4, 0.5) is 0 Å². The van der Waals surface area contributed by atoms with Gasteiger partial charge in [-0.1, -0.05) is 32.9 Å². The van der Waals surface area contributed by atoms with Crippen molar-refractivity contribution in [1.82, 2.24) is 0 Å². The zero-order valence-electron chi connectivity index (χ0n) is 15.0. The average Bonchev–Trinajstić information content (AvgIpc) is 2.88. The number of methoxy groups -OCH3 is 1. The van der Waals surface area contributed by atoms with Crippen LogP contribution in [0.2, 0.25) is 0 Å². The van der Waals surface area contributed by atoms with Crippen molar-refractivity contribution in [3.63, 3.8) is 0 Å². The maximum Gasteiger partial charge on any atom is 0.330 e. The summed E-state index contributed by atoms with van der Waals surface area (Å²) in [6.07, 6.45) is 3.89. The summed E-state index contributed by atoms with van der Waals surface area (Å²) in [5, 5.41) is 9.42. The third-order valence-electron chi connectivity index (χ3n) is 6.66. The number of hydrogen-bond donors (Lipinski definition) is 1. The molecule has 1 aromatic carbocycles. The van der Waals surface area contributed by atoms with E-state index in [0.717, 1.165) is 18.4 Å². The lowest BCUT2D eigenvalue weighted by Gasteiger charge is -2.35. The molecule has 2 saturated carbocycles. The highest BCUT2D eigenvalue weighted by Crippen LogP contribution is 2.64. The third kappa shape index (κ3) is 2.62. The van der Waals surface area contributed by atoms with Crippen LogP contribution in [0.25, 0.3) is 0 Å². The Labute approximate surface area is 143 Å². The maximum absolute atomic E-state index is 12.3. The molecular weight excluding hydrogens is 302 g/mol. The molecule has 3 rings (SSSR count). The first-order chi connectivity index (χ1) is 11.3. The van der Waals surface area contributed by atoms with Gasteiger partial charge >= 0.3 is 5.97 Å². The highest BCUT2D eigenvalue weighted by atomic mass is 16.5. The number of aromatic hydroxyl groups is 1. The van der Waals surface area contributed by atoms with Gasteiger partial charge in [0.25, 0.3) is 0 Å². The molecule has 2 aliphatic rings. The van der Waals surface area contributed by atoms with Crippen LogP contribution in [0.3, 0.4) is 0 Å². The van der Waals surface area contributed by atoms with E-state index < -0.39 is 6.04 Å². The van der Waals surface area contributed by atoms with Crippen LogP contribution in [0.15, 0.2) is 29.3 Å². The van der Waals surface area contributed by atoms with Gasteiger partial charge in [-0.05, 0) is 48.3 Å². The fourth-order valence-corrected chi connectivity index (χ4v) is 4.48. The molecule has 24 heavy (non-hydrogen) atoms. The van der Waals surface area contributed by atoms with Crippen LogP contribution < -0.4 is 0 Å². The highest BCUT2D eigenvalue weighted by molar-refractivity contribution is 5.96. The normalized spacial score (nSPS) is 30.5. The molecular formula is C20H27NO3. The van der Waals surface area contributed by atoms with Crippen LogP contribution in [-0.2, 0) is 16.0 Å². The van der Waals surface area contributed by atoms with Crippen LogP contribution in [0.1, 0.15) is 45.6 Å². The minimum Gasteiger partial charge on any atom is -0.508 e. The first kappa shape index (κ1) is 17.0. The number of esters is 1. The van der Waals surface area contributed by atoms with Gasteiger partial charge in [0.15, 0.2) is 6.04 Å². The van der Waals surface area contributed by atoms with Gasteiger partial charge < -0.3 is 9.84 Å². The van der Waals surface area contributed by atoms with Crippen LogP contribution in [0, 0.1) is 16.7 Å². The first-order valence-electron chi connectivity index (χ1n) is 8.71. The van der Waals surface area contributed by atoms with Crippen LogP contribution in [0.5, 0.6) is 5.75 Å². The van der Waals surface area contributed by atoms with E-state index in [4.69, 9.17) is 9.73 Å². The van der Waals surface area contributed by atoms with Gasteiger partial charge in [0.05, 0.1) is 7.11 Å². The van der Waals surface area contributed by atoms with E-state index in [1.165, 1.54) is 19.2 Å². The van der Waals surface area contributed by atoms with Gasteiger partial charge in [0, 0.05) is 17.5 Å². The van der Waals surface area contributed by atoms with Crippen molar-refractivity contribution in [1.29, 1.82) is 0 Å². The SMILES string of the molecule is COC(=O)[C@H](Cc1ccc(O)cc1)N=C1C[C@H]2CC[C@]1(C)C2(C)C. The summed E-state index contributed by atoms with van der Waals surface area (Å²) in [6.45, 7) is 6.97. The van der Waals surface area contributed by atoms with E-state index >= 15 is 0 Å². The predicted molar refractivity (Wildman–Crippen MR) is 94.3 cm³/mol. The smallest absolute Gasteiger partial charge is 0.330 e. The predicted octanol–water partition coefficient (Wildman–Crippen LogP) is 3.76. The number of nitrogens with zero attached hydrogens (tertiary/aromatic N) is 1. The van der Waals surface area contributed by atoms with E-state index in [2.05, 4.69) is 20.8 Å². The van der Waals surface area contributed by atoms with E-state index in [0.29, 0.717) is 12.3 Å². The molecule has 0 unspecified atom stereocenters. The molecule has 1 aromatic rings. The van der Waals surface area contributed by atoms with Crippen molar-refractivity contribution in [3.05, 3.63) is 29.8 Å². The lowest BCUT2D eigenvalue weighted by molar-refractivity contribution is -0.142. The highest BCUT2D eigenvalue weighted by Gasteiger charge is 2.59. The summed E-state index contributed by atoms with van der Waals surface area (Å²) in [7, 11) is 1.42. The molecule has 130 valence electrons. The molecule has 0 saturated heterocycles. The number of hydrogen-bond acceptors (Lipinski definition) is 4. The third-order valence-corrected chi connectivity index (χ3v) is 6.66. The van der Waals surface area contributed by atoms with Gasteiger partial charge in [0.2, 0.25) is 0 Å². The molecule has 0 aliphatic heterocycles. The zero-order valence-corrected chi connectivity index (χ0v) is 15.0. The molecule has 4 heteroatoms. The van der Waals surface area contributed by atoms with Crippen molar-refractivity contribution in [3.8, 4) is 5.75 Å². The summed E-state index contributed by atoms with van der Waals surface area (Å²) in [4.78, 5) is 17.2. The Kier molecular flexibility index (Phi) is 4.18. The number of benzene rings is 1. The molecule has 3 atom stereocenters. The summed E-state index contributed by atoms with van der Waals surface area (Å²) in [6, 6.07) is 6.43. The summed E-state index contributed by atoms with van der Waals surface area (Å²) < 4.78 is 4.99. The molecule has 2 fully saturated rings. The van der Waals surface area contributed by atoms with Crippen LogP contribution >= 0.6 is 0 Å². The van der Waals surface area contributed by atoms with E-state index in [1.54, 1.807) is 12.1 Å². The zero-order chi connectivity index (χ0) is 17.5. The van der Waals surface area contributed by atoms with Crippen molar-refractivity contribution in [2.24, 2.45) is 21.7 Å². The minimum absolute atomic E-state index is 0.0822. The molecule has 4 nitrogen and oxygen atoms in total. The van der Waals surface area contributed by atoms with Crippen LogP contribution in [-0.4, -0.2) is 29.9 Å². The van der Waals surface area contributed by atoms with Gasteiger partial charge in [0.1, 0.15) is 5.75 Å². The van der Waals surface area contributed by atoms with Crippen molar-refractivity contribution in [2.75, 3.05) is 7.11 Å². The summed E-state index contributed by atoms with van der Waals surface area (Å²) in [5.41, 5.74) is 2.47. The Morgan fingerprint density at radius 3 is 2.50 bits per heavy atom. The number of aliphatic imine (C=N–C) groups is 1. The van der Waals surface area contributed by atoms with E-state index in [9.17, 15) is 9.90 Å². The molecule has 0 heterocycles. The number of rotatable bonds is 4. The Morgan fingerprint density at radius 1 is 1.33 bits per heavy atom. The standard InChI is InChI=1S/C20H27NO3/c1-19(2)14-9-10-20(19,3)17(12-14)21-16(18(23)24-4)11-13-5-7-15(22)8-6-13/h5-8,14,16,22H,9-12H2,1-4H3/t14-,16+,20+/m1/s1. The fourth-order valence-electron chi connectivity index (χ4n) is 4.48. The van der Waals surface area contributed by atoms with Crippen molar-refractivity contribution >= 4 is 11.7 Å². The van der Waals surface area contributed by atoms with Crippen molar-refractivity contribution in [2.45, 2.75) is 52.5 Å². The fraction of sp³-hybridized carbons (Fsp3) is 0.600. The van der Waals surface area contributed by atoms with Gasteiger partial charge in [-0.3, -0.25) is 4.99 Å². The second-order valence-electron chi connectivity index (χ2n) is 7.98. The molecule has 1 N–H and O–H groups in total. The molecule has 2 bridgehead atoms. The number of carbonyl (C=O) groups excluding carboxylic acids is 1. The van der Waals surface area contributed by atoms with E-state index in [1.807, 2.05) is 12.1 Å². The van der Waals surface area contributed by atoms with Gasteiger partial charge in [-0.25, -0.2) is 4.79 Å². The quantitative estimate of drug-likeness (QED) is 0.856. The largest absolute Gasteiger partial charge is 0.508 e. The first-order valence-corrected chi connectivity index (χ1v) is 8.71. The number of ether oxygens (including phenoxy) is 1. The van der Waals surface area contributed by atoms with Gasteiger partial charge in [-0.2, -0.15) is 0 Å². The number of carbonyl (C=O) groups is 1. The number of phenols is 1. The summed E-state index contributed by atoms with van der Waals surface area (Å²) in [5.74, 6) is 0.593. The minimum atomic E-state index is -0.512. The average molecular weight is 329 g/mol.